The molecule has 0 aliphatic carbocycles. The van der Waals surface area contributed by atoms with Crippen molar-refractivity contribution in [3.05, 3.63) is 64.7 Å². The number of benzene rings is 2. The van der Waals surface area contributed by atoms with Crippen LogP contribution < -0.4 is 5.32 Å². The molecule has 1 N–H and O–H groups in total. The summed E-state index contributed by atoms with van der Waals surface area (Å²) >= 11 is 0. The minimum Gasteiger partial charge on any atom is -0.378 e. The van der Waals surface area contributed by atoms with Gasteiger partial charge in [0.15, 0.2) is 0 Å². The molecule has 0 amide bonds. The molecule has 0 radical (unpaired) electrons. The van der Waals surface area contributed by atoms with E-state index in [4.69, 9.17) is 0 Å². The quantitative estimate of drug-likeness (QED) is 0.822. The van der Waals surface area contributed by atoms with Crippen molar-refractivity contribution >= 4 is 5.69 Å². The number of anilines is 1. The molecule has 1 heteroatoms. The summed E-state index contributed by atoms with van der Waals surface area (Å²) in [6, 6.07) is 16.1. The van der Waals surface area contributed by atoms with Crippen LogP contribution in [0, 0.1) is 6.92 Å². The van der Waals surface area contributed by atoms with E-state index in [0.717, 1.165) is 12.8 Å². The zero-order chi connectivity index (χ0) is 12.5. The van der Waals surface area contributed by atoms with Crippen LogP contribution in [-0.4, -0.2) is 0 Å². The lowest BCUT2D eigenvalue weighted by molar-refractivity contribution is 0.823. The molecular formula is C17H19N. The van der Waals surface area contributed by atoms with Crippen molar-refractivity contribution in [2.24, 2.45) is 0 Å². The molecule has 1 aliphatic rings. The predicted octanol–water partition coefficient (Wildman–Crippen LogP) is 4.27. The van der Waals surface area contributed by atoms with Gasteiger partial charge in [-0.25, -0.2) is 0 Å². The number of aryl methyl sites for hydroxylation is 2. The summed E-state index contributed by atoms with van der Waals surface area (Å²) in [6.07, 6.45) is 2.21. The molecule has 0 fully saturated rings. The highest BCUT2D eigenvalue weighted by Crippen LogP contribution is 2.34. The Kier molecular flexibility index (Phi) is 2.83. The van der Waals surface area contributed by atoms with Crippen LogP contribution in [0.15, 0.2) is 42.5 Å². The average Bonchev–Trinajstić information content (AvgIpc) is 2.81. The van der Waals surface area contributed by atoms with Crippen molar-refractivity contribution < 1.29 is 0 Å². The zero-order valence-electron chi connectivity index (χ0n) is 11.0. The molecule has 0 aromatic heterocycles. The first-order chi connectivity index (χ1) is 8.76. The van der Waals surface area contributed by atoms with Gasteiger partial charge >= 0.3 is 0 Å². The third-order valence-corrected chi connectivity index (χ3v) is 3.80. The lowest BCUT2D eigenvalue weighted by atomic mass is 10.0. The van der Waals surface area contributed by atoms with Gasteiger partial charge in [-0.3, -0.25) is 0 Å². The maximum absolute atomic E-state index is 3.62. The normalized spacial score (nSPS) is 17.3. The van der Waals surface area contributed by atoms with Crippen molar-refractivity contribution in [2.75, 3.05) is 5.32 Å². The van der Waals surface area contributed by atoms with Gasteiger partial charge in [-0.05, 0) is 42.5 Å². The molecular weight excluding hydrogens is 218 g/mol. The van der Waals surface area contributed by atoms with Gasteiger partial charge in [-0.15, -0.1) is 0 Å². The van der Waals surface area contributed by atoms with Gasteiger partial charge in [0.05, 0.1) is 6.04 Å². The van der Waals surface area contributed by atoms with Crippen molar-refractivity contribution in [3.63, 3.8) is 0 Å². The van der Waals surface area contributed by atoms with E-state index >= 15 is 0 Å². The van der Waals surface area contributed by atoms with Crippen molar-refractivity contribution in [2.45, 2.75) is 32.7 Å². The summed E-state index contributed by atoms with van der Waals surface area (Å²) in [5.41, 5.74) is 6.88. The minimum atomic E-state index is 0.438. The lowest BCUT2D eigenvalue weighted by Crippen LogP contribution is -2.05. The van der Waals surface area contributed by atoms with Gasteiger partial charge in [-0.1, -0.05) is 48.9 Å². The summed E-state index contributed by atoms with van der Waals surface area (Å²) < 4.78 is 0. The molecule has 1 heterocycles. The highest BCUT2D eigenvalue weighted by molar-refractivity contribution is 5.59. The van der Waals surface area contributed by atoms with Crippen LogP contribution in [0.25, 0.3) is 0 Å². The van der Waals surface area contributed by atoms with Crippen LogP contribution >= 0.6 is 0 Å². The average molecular weight is 237 g/mol. The molecule has 1 aliphatic heterocycles. The Bertz CT molecular complexity index is 554. The van der Waals surface area contributed by atoms with Crippen LogP contribution in [0.3, 0.4) is 0 Å². The first-order valence-corrected chi connectivity index (χ1v) is 6.71. The summed E-state index contributed by atoms with van der Waals surface area (Å²) in [4.78, 5) is 0. The second kappa shape index (κ2) is 4.49. The van der Waals surface area contributed by atoms with E-state index in [1.807, 2.05) is 0 Å². The van der Waals surface area contributed by atoms with Crippen molar-refractivity contribution in [3.8, 4) is 0 Å². The molecule has 92 valence electrons. The number of rotatable bonds is 2. The Hall–Kier alpha value is -1.76. The molecule has 0 spiro atoms. The van der Waals surface area contributed by atoms with Crippen LogP contribution in [0.5, 0.6) is 0 Å². The molecule has 3 rings (SSSR count). The van der Waals surface area contributed by atoms with Gasteiger partial charge in [0, 0.05) is 5.69 Å². The first kappa shape index (κ1) is 11.3. The second-order valence-corrected chi connectivity index (χ2v) is 5.16. The Morgan fingerprint density at radius 3 is 2.61 bits per heavy atom. The smallest absolute Gasteiger partial charge is 0.0555 e. The molecule has 0 saturated heterocycles. The van der Waals surface area contributed by atoms with Crippen LogP contribution in [0.2, 0.25) is 0 Å². The van der Waals surface area contributed by atoms with Gasteiger partial charge in [0.25, 0.3) is 0 Å². The third kappa shape index (κ3) is 2.01. The monoisotopic (exact) mass is 237 g/mol. The fourth-order valence-corrected chi connectivity index (χ4v) is 2.68. The summed E-state index contributed by atoms with van der Waals surface area (Å²) in [5, 5.41) is 3.62. The summed E-state index contributed by atoms with van der Waals surface area (Å²) in [5.74, 6) is 0. The standard InChI is InChI=1S/C17H19N/c1-3-13-5-7-14(8-6-13)17-11-15-10-12(2)4-9-16(15)18-17/h4-10,17-18H,3,11H2,1-2H3. The number of hydrogen-bond donors (Lipinski definition) is 1. The number of nitrogens with one attached hydrogen (secondary N) is 1. The highest BCUT2D eigenvalue weighted by atomic mass is 14.9. The van der Waals surface area contributed by atoms with E-state index in [0.29, 0.717) is 6.04 Å². The van der Waals surface area contributed by atoms with Crippen LogP contribution in [0.4, 0.5) is 5.69 Å². The van der Waals surface area contributed by atoms with E-state index in [-0.39, 0.29) is 0 Å². The molecule has 0 bridgehead atoms. The second-order valence-electron chi connectivity index (χ2n) is 5.16. The van der Waals surface area contributed by atoms with Gasteiger partial charge in [-0.2, -0.15) is 0 Å². The maximum atomic E-state index is 3.62. The highest BCUT2D eigenvalue weighted by Gasteiger charge is 2.21. The summed E-state index contributed by atoms with van der Waals surface area (Å²) in [7, 11) is 0. The molecule has 2 aromatic carbocycles. The van der Waals surface area contributed by atoms with Crippen molar-refractivity contribution in [1.29, 1.82) is 0 Å². The van der Waals surface area contributed by atoms with Gasteiger partial charge in [0.2, 0.25) is 0 Å². The zero-order valence-corrected chi connectivity index (χ0v) is 11.0. The van der Waals surface area contributed by atoms with Crippen LogP contribution in [0.1, 0.15) is 35.2 Å². The van der Waals surface area contributed by atoms with E-state index in [9.17, 15) is 0 Å². The first-order valence-electron chi connectivity index (χ1n) is 6.71. The molecule has 1 atom stereocenters. The third-order valence-electron chi connectivity index (χ3n) is 3.80. The molecule has 18 heavy (non-hydrogen) atoms. The minimum absolute atomic E-state index is 0.438. The predicted molar refractivity (Wildman–Crippen MR) is 77.1 cm³/mol. The molecule has 2 aromatic rings. The van der Waals surface area contributed by atoms with E-state index in [2.05, 4.69) is 61.6 Å². The topological polar surface area (TPSA) is 12.0 Å². The molecule has 1 nitrogen and oxygen atoms in total. The largest absolute Gasteiger partial charge is 0.378 e. The Balaban J connectivity index is 1.84. The van der Waals surface area contributed by atoms with Crippen LogP contribution in [-0.2, 0) is 12.8 Å². The maximum Gasteiger partial charge on any atom is 0.0555 e. The number of hydrogen-bond acceptors (Lipinski definition) is 1. The number of fused-ring (bicyclic) bond motifs is 1. The SMILES string of the molecule is CCc1ccc(C2Cc3cc(C)ccc3N2)cc1. The fraction of sp³-hybridized carbons (Fsp3) is 0.294. The Labute approximate surface area is 109 Å². The van der Waals surface area contributed by atoms with Gasteiger partial charge < -0.3 is 5.32 Å². The molecule has 1 unspecified atom stereocenters. The Morgan fingerprint density at radius 2 is 1.89 bits per heavy atom. The Morgan fingerprint density at radius 1 is 1.11 bits per heavy atom. The van der Waals surface area contributed by atoms with E-state index < -0.39 is 0 Å². The van der Waals surface area contributed by atoms with E-state index in [1.165, 1.54) is 27.9 Å². The lowest BCUT2D eigenvalue weighted by Gasteiger charge is -2.12. The van der Waals surface area contributed by atoms with Gasteiger partial charge in [0.1, 0.15) is 0 Å². The fourth-order valence-electron chi connectivity index (χ4n) is 2.68. The van der Waals surface area contributed by atoms with Crippen molar-refractivity contribution in [1.82, 2.24) is 0 Å². The summed E-state index contributed by atoms with van der Waals surface area (Å²) in [6.45, 7) is 4.35. The molecule has 0 saturated carbocycles. The van der Waals surface area contributed by atoms with E-state index in [1.54, 1.807) is 0 Å².